The minimum absolute atomic E-state index is 0.498. The second kappa shape index (κ2) is 3.14. The predicted octanol–water partition coefficient (Wildman–Crippen LogP) is 3.71. The number of benzene rings is 1. The molecule has 2 aromatic heterocycles. The Morgan fingerprint density at radius 3 is 2.93 bits per heavy atom. The maximum Gasteiger partial charge on any atom is 0.190 e. The van der Waals surface area contributed by atoms with E-state index in [0.717, 1.165) is 21.9 Å². The number of rotatable bonds is 0. The van der Waals surface area contributed by atoms with Gasteiger partial charge in [0.2, 0.25) is 0 Å². The Bertz CT molecular complexity index is 702. The van der Waals surface area contributed by atoms with E-state index in [4.69, 9.17) is 16.6 Å². The van der Waals surface area contributed by atoms with Crippen LogP contribution in [0.3, 0.4) is 0 Å². The fourth-order valence-electron chi connectivity index (χ4n) is 1.64. The number of nitrogens with zero attached hydrogens (tertiary/aromatic N) is 1. The molecular weight excluding hydrogens is 206 g/mol. The Morgan fingerprint density at radius 1 is 1.07 bits per heavy atom. The number of hydrogen-bond acceptors (Lipinski definition) is 3. The van der Waals surface area contributed by atoms with Crippen molar-refractivity contribution in [1.29, 1.82) is 0 Å². The van der Waals surface area contributed by atoms with Crippen LogP contribution in [0.4, 0.5) is 0 Å². The summed E-state index contributed by atoms with van der Waals surface area (Å²) in [6.45, 7) is 0. The summed E-state index contributed by atoms with van der Waals surface area (Å²) in [4.78, 5) is 4.27. The Labute approximate surface area is 91.2 Å². The van der Waals surface area contributed by atoms with Gasteiger partial charge in [-0.3, -0.25) is 4.98 Å². The largest absolute Gasteiger partial charge is 0.445 e. The standard InChI is InChI=1S/C12H7NOS/c15-12-4-3-9-6-8-2-1-5-13-10(8)7-11(9)14-12/h1-7H. The normalized spacial score (nSPS) is 10.9. The molecule has 0 radical (unpaired) electrons. The first kappa shape index (κ1) is 8.56. The zero-order chi connectivity index (χ0) is 10.3. The molecule has 15 heavy (non-hydrogen) atoms. The van der Waals surface area contributed by atoms with Crippen LogP contribution in [-0.2, 0) is 0 Å². The first-order valence-electron chi connectivity index (χ1n) is 4.61. The highest BCUT2D eigenvalue weighted by Crippen LogP contribution is 2.21. The van der Waals surface area contributed by atoms with Crippen LogP contribution in [0.15, 0.2) is 47.0 Å². The van der Waals surface area contributed by atoms with Gasteiger partial charge in [-0.05, 0) is 36.5 Å². The molecule has 0 aliphatic rings. The molecule has 0 unspecified atom stereocenters. The van der Waals surface area contributed by atoms with E-state index in [1.54, 1.807) is 12.3 Å². The Kier molecular flexibility index (Phi) is 1.79. The summed E-state index contributed by atoms with van der Waals surface area (Å²) < 4.78 is 5.94. The van der Waals surface area contributed by atoms with E-state index in [2.05, 4.69) is 11.1 Å². The van der Waals surface area contributed by atoms with Crippen molar-refractivity contribution in [2.75, 3.05) is 0 Å². The third-order valence-electron chi connectivity index (χ3n) is 2.34. The Morgan fingerprint density at radius 2 is 2.00 bits per heavy atom. The second-order valence-corrected chi connectivity index (χ2v) is 3.74. The molecule has 72 valence electrons. The average molecular weight is 213 g/mol. The van der Waals surface area contributed by atoms with Crippen molar-refractivity contribution >= 4 is 34.1 Å². The van der Waals surface area contributed by atoms with E-state index in [-0.39, 0.29) is 0 Å². The third-order valence-corrected chi connectivity index (χ3v) is 2.56. The molecular formula is C12H7NOS. The molecule has 0 spiro atoms. The molecule has 2 nitrogen and oxygen atoms in total. The summed E-state index contributed by atoms with van der Waals surface area (Å²) in [5.74, 6) is 0. The summed E-state index contributed by atoms with van der Waals surface area (Å²) >= 11 is 4.98. The number of pyridine rings is 1. The summed E-state index contributed by atoms with van der Waals surface area (Å²) in [6, 6.07) is 11.7. The minimum Gasteiger partial charge on any atom is -0.445 e. The highest BCUT2D eigenvalue weighted by molar-refractivity contribution is 7.71. The van der Waals surface area contributed by atoms with E-state index >= 15 is 0 Å². The Balaban J connectivity index is 2.53. The molecule has 0 aliphatic heterocycles. The van der Waals surface area contributed by atoms with E-state index in [1.807, 2.05) is 24.3 Å². The van der Waals surface area contributed by atoms with E-state index in [9.17, 15) is 0 Å². The fourth-order valence-corrected chi connectivity index (χ4v) is 1.80. The van der Waals surface area contributed by atoms with E-state index in [1.165, 1.54) is 0 Å². The molecule has 0 aliphatic carbocycles. The molecule has 0 saturated heterocycles. The summed E-state index contributed by atoms with van der Waals surface area (Å²) in [5, 5.41) is 2.15. The summed E-state index contributed by atoms with van der Waals surface area (Å²) in [6.07, 6.45) is 1.77. The predicted molar refractivity (Wildman–Crippen MR) is 62.3 cm³/mol. The quantitative estimate of drug-likeness (QED) is 0.420. The van der Waals surface area contributed by atoms with Crippen LogP contribution in [0.5, 0.6) is 0 Å². The van der Waals surface area contributed by atoms with Crippen LogP contribution < -0.4 is 0 Å². The van der Waals surface area contributed by atoms with Gasteiger partial charge in [-0.1, -0.05) is 6.07 Å². The van der Waals surface area contributed by atoms with Gasteiger partial charge in [-0.2, -0.15) is 0 Å². The highest BCUT2D eigenvalue weighted by atomic mass is 32.1. The maximum atomic E-state index is 5.44. The molecule has 3 heteroatoms. The van der Waals surface area contributed by atoms with E-state index < -0.39 is 0 Å². The lowest BCUT2D eigenvalue weighted by Crippen LogP contribution is -1.79. The van der Waals surface area contributed by atoms with Gasteiger partial charge in [-0.25, -0.2) is 0 Å². The van der Waals surface area contributed by atoms with Crippen molar-refractivity contribution in [3.8, 4) is 0 Å². The molecule has 1 aromatic carbocycles. The third kappa shape index (κ3) is 1.41. The molecule has 2 heterocycles. The van der Waals surface area contributed by atoms with Crippen LogP contribution in [0.2, 0.25) is 0 Å². The molecule has 3 rings (SSSR count). The molecule has 0 amide bonds. The zero-order valence-corrected chi connectivity index (χ0v) is 8.62. The maximum absolute atomic E-state index is 5.44. The van der Waals surface area contributed by atoms with Gasteiger partial charge < -0.3 is 4.42 Å². The first-order valence-corrected chi connectivity index (χ1v) is 5.02. The van der Waals surface area contributed by atoms with Gasteiger partial charge in [0.05, 0.1) is 5.52 Å². The lowest BCUT2D eigenvalue weighted by Gasteiger charge is -1.99. The number of fused-ring (bicyclic) bond motifs is 2. The lowest BCUT2D eigenvalue weighted by molar-refractivity contribution is 0.587. The smallest absolute Gasteiger partial charge is 0.190 e. The molecule has 0 bridgehead atoms. The second-order valence-electron chi connectivity index (χ2n) is 3.34. The monoisotopic (exact) mass is 213 g/mol. The fraction of sp³-hybridized carbons (Fsp3) is 0. The van der Waals surface area contributed by atoms with Gasteiger partial charge in [0.25, 0.3) is 0 Å². The van der Waals surface area contributed by atoms with Crippen molar-refractivity contribution < 1.29 is 4.42 Å². The van der Waals surface area contributed by atoms with Crippen molar-refractivity contribution in [2.24, 2.45) is 0 Å². The van der Waals surface area contributed by atoms with Crippen LogP contribution in [0.25, 0.3) is 21.9 Å². The minimum atomic E-state index is 0.498. The van der Waals surface area contributed by atoms with Crippen molar-refractivity contribution in [3.05, 3.63) is 47.3 Å². The molecule has 0 atom stereocenters. The van der Waals surface area contributed by atoms with Crippen molar-refractivity contribution in [2.45, 2.75) is 0 Å². The molecule has 3 aromatic rings. The van der Waals surface area contributed by atoms with Crippen molar-refractivity contribution in [3.63, 3.8) is 0 Å². The van der Waals surface area contributed by atoms with Crippen LogP contribution in [0.1, 0.15) is 0 Å². The summed E-state index contributed by atoms with van der Waals surface area (Å²) in [7, 11) is 0. The summed E-state index contributed by atoms with van der Waals surface area (Å²) in [5.41, 5.74) is 1.71. The van der Waals surface area contributed by atoms with Crippen molar-refractivity contribution in [1.82, 2.24) is 4.98 Å². The number of aromatic nitrogens is 1. The SMILES string of the molecule is S=c1ccc2cc3cccnc3cc2o1. The van der Waals surface area contributed by atoms with Gasteiger partial charge >= 0.3 is 0 Å². The number of hydrogen-bond donors (Lipinski definition) is 0. The lowest BCUT2D eigenvalue weighted by atomic mass is 10.1. The van der Waals surface area contributed by atoms with Gasteiger partial charge in [0.15, 0.2) is 4.71 Å². The van der Waals surface area contributed by atoms with E-state index in [0.29, 0.717) is 4.71 Å². The Hall–Kier alpha value is -1.74. The zero-order valence-electron chi connectivity index (χ0n) is 7.81. The molecule has 0 fully saturated rings. The van der Waals surface area contributed by atoms with Gasteiger partial charge in [0, 0.05) is 23.0 Å². The van der Waals surface area contributed by atoms with Gasteiger partial charge in [-0.15, -0.1) is 0 Å². The first-order chi connectivity index (χ1) is 7.33. The molecule has 0 saturated carbocycles. The highest BCUT2D eigenvalue weighted by Gasteiger charge is 1.99. The average Bonchev–Trinajstić information content (AvgIpc) is 2.26. The van der Waals surface area contributed by atoms with Crippen LogP contribution in [-0.4, -0.2) is 4.98 Å². The molecule has 0 N–H and O–H groups in total. The van der Waals surface area contributed by atoms with Crippen LogP contribution >= 0.6 is 12.2 Å². The van der Waals surface area contributed by atoms with Gasteiger partial charge in [0.1, 0.15) is 5.58 Å². The topological polar surface area (TPSA) is 26.0 Å². The van der Waals surface area contributed by atoms with Crippen LogP contribution in [0, 0.1) is 4.71 Å².